The molecule has 0 saturated heterocycles. The number of carbonyl (C=O) groups excluding carboxylic acids is 2. The molecular formula is C26H30N2O6. The van der Waals surface area contributed by atoms with Crippen LogP contribution in [0.15, 0.2) is 48.5 Å². The highest BCUT2D eigenvalue weighted by atomic mass is 16.5. The molecule has 2 aromatic carbocycles. The van der Waals surface area contributed by atoms with Crippen LogP contribution in [0.1, 0.15) is 49.1 Å². The molecule has 0 aliphatic heterocycles. The van der Waals surface area contributed by atoms with Crippen molar-refractivity contribution >= 4 is 18.0 Å². The number of rotatable bonds is 8. The number of carboxylic acid groups (broad SMARTS) is 1. The van der Waals surface area contributed by atoms with Crippen LogP contribution in [-0.2, 0) is 14.3 Å². The number of aliphatic carboxylic acids is 1. The van der Waals surface area contributed by atoms with Crippen molar-refractivity contribution in [3.63, 3.8) is 0 Å². The Labute approximate surface area is 198 Å². The number of ether oxygens (including phenoxy) is 1. The molecule has 8 nitrogen and oxygen atoms in total. The van der Waals surface area contributed by atoms with Crippen molar-refractivity contribution in [2.45, 2.75) is 50.2 Å². The number of amides is 2. The molecule has 0 radical (unpaired) electrons. The third-order valence-corrected chi connectivity index (χ3v) is 6.68. The van der Waals surface area contributed by atoms with Crippen LogP contribution in [-0.4, -0.2) is 53.5 Å². The molecule has 1 unspecified atom stereocenters. The Kier molecular flexibility index (Phi) is 7.47. The van der Waals surface area contributed by atoms with Crippen LogP contribution in [0.5, 0.6) is 0 Å². The third-order valence-electron chi connectivity index (χ3n) is 6.68. The van der Waals surface area contributed by atoms with E-state index in [2.05, 4.69) is 22.8 Å². The topological polar surface area (TPSA) is 125 Å². The van der Waals surface area contributed by atoms with Gasteiger partial charge in [0.05, 0.1) is 18.4 Å². The molecule has 2 amide bonds. The molecule has 0 heterocycles. The lowest BCUT2D eigenvalue weighted by molar-refractivity contribution is -0.144. The minimum atomic E-state index is -1.10. The van der Waals surface area contributed by atoms with E-state index in [0.29, 0.717) is 12.8 Å². The van der Waals surface area contributed by atoms with Crippen LogP contribution in [0.2, 0.25) is 0 Å². The minimum absolute atomic E-state index is 0.0634. The van der Waals surface area contributed by atoms with Crippen LogP contribution < -0.4 is 10.6 Å². The molecule has 3 atom stereocenters. The van der Waals surface area contributed by atoms with Crippen molar-refractivity contribution < 1.29 is 29.3 Å². The van der Waals surface area contributed by atoms with Gasteiger partial charge in [0, 0.05) is 18.5 Å². The van der Waals surface area contributed by atoms with E-state index < -0.39 is 36.0 Å². The van der Waals surface area contributed by atoms with E-state index in [0.717, 1.165) is 35.1 Å². The summed E-state index contributed by atoms with van der Waals surface area (Å²) in [7, 11) is 0. The number of carboxylic acids is 1. The number of hydrogen-bond donors (Lipinski definition) is 4. The lowest BCUT2D eigenvalue weighted by Crippen LogP contribution is -2.46. The number of carbonyl (C=O) groups is 3. The van der Waals surface area contributed by atoms with Gasteiger partial charge in [0.25, 0.3) is 0 Å². The van der Waals surface area contributed by atoms with Gasteiger partial charge in [0.2, 0.25) is 5.91 Å². The van der Waals surface area contributed by atoms with Gasteiger partial charge >= 0.3 is 12.1 Å². The molecule has 4 N–H and O–H groups in total. The van der Waals surface area contributed by atoms with Gasteiger partial charge in [-0.25, -0.2) is 4.79 Å². The second-order valence-corrected chi connectivity index (χ2v) is 8.97. The molecule has 1 saturated carbocycles. The number of hydrogen-bond acceptors (Lipinski definition) is 5. The predicted molar refractivity (Wildman–Crippen MR) is 125 cm³/mol. The van der Waals surface area contributed by atoms with Crippen molar-refractivity contribution in [1.29, 1.82) is 0 Å². The SMILES string of the molecule is O=C(CC(O)CNC(=O)OCC1c2ccccc2-c2ccccc21)N[C@H]1CCCC[C@H]1C(=O)O. The van der Waals surface area contributed by atoms with Gasteiger partial charge in [-0.05, 0) is 35.1 Å². The van der Waals surface area contributed by atoms with Crippen molar-refractivity contribution in [2.24, 2.45) is 5.92 Å². The van der Waals surface area contributed by atoms with E-state index in [-0.39, 0.29) is 25.5 Å². The Balaban J connectivity index is 1.23. The zero-order chi connectivity index (χ0) is 24.1. The molecule has 2 aliphatic carbocycles. The van der Waals surface area contributed by atoms with E-state index >= 15 is 0 Å². The Hall–Kier alpha value is -3.39. The summed E-state index contributed by atoms with van der Waals surface area (Å²) in [5, 5.41) is 24.7. The van der Waals surface area contributed by atoms with Crippen LogP contribution >= 0.6 is 0 Å². The summed E-state index contributed by atoms with van der Waals surface area (Å²) < 4.78 is 5.43. The molecule has 0 spiro atoms. The van der Waals surface area contributed by atoms with Crippen molar-refractivity contribution in [3.8, 4) is 11.1 Å². The molecular weight excluding hydrogens is 436 g/mol. The zero-order valence-electron chi connectivity index (χ0n) is 18.9. The summed E-state index contributed by atoms with van der Waals surface area (Å²) in [6.07, 6.45) is 0.832. The van der Waals surface area contributed by atoms with Gasteiger partial charge in [-0.2, -0.15) is 0 Å². The van der Waals surface area contributed by atoms with E-state index in [1.165, 1.54) is 0 Å². The first-order valence-electron chi connectivity index (χ1n) is 11.7. The first kappa shape index (κ1) is 23.8. The van der Waals surface area contributed by atoms with Crippen molar-refractivity contribution in [1.82, 2.24) is 10.6 Å². The van der Waals surface area contributed by atoms with Crippen molar-refractivity contribution in [2.75, 3.05) is 13.2 Å². The fourth-order valence-corrected chi connectivity index (χ4v) is 5.00. The highest BCUT2D eigenvalue weighted by molar-refractivity contribution is 5.80. The monoisotopic (exact) mass is 466 g/mol. The van der Waals surface area contributed by atoms with Crippen LogP contribution in [0, 0.1) is 5.92 Å². The largest absolute Gasteiger partial charge is 0.481 e. The third kappa shape index (κ3) is 5.39. The Bertz CT molecular complexity index is 1010. The second kappa shape index (κ2) is 10.7. The Morgan fingerprint density at radius 2 is 1.59 bits per heavy atom. The van der Waals surface area contributed by atoms with Crippen molar-refractivity contribution in [3.05, 3.63) is 59.7 Å². The van der Waals surface area contributed by atoms with Gasteiger partial charge in [-0.15, -0.1) is 0 Å². The maximum absolute atomic E-state index is 12.3. The molecule has 8 heteroatoms. The average Bonchev–Trinajstić information content (AvgIpc) is 3.15. The molecule has 34 heavy (non-hydrogen) atoms. The number of alkyl carbamates (subject to hydrolysis) is 1. The first-order valence-corrected chi connectivity index (χ1v) is 11.7. The molecule has 0 aromatic heterocycles. The zero-order valence-corrected chi connectivity index (χ0v) is 18.9. The highest BCUT2D eigenvalue weighted by Crippen LogP contribution is 2.44. The summed E-state index contributed by atoms with van der Waals surface area (Å²) in [6.45, 7) is 0.0197. The summed E-state index contributed by atoms with van der Waals surface area (Å²) >= 11 is 0. The smallest absolute Gasteiger partial charge is 0.407 e. The predicted octanol–water partition coefficient (Wildman–Crippen LogP) is 3.04. The fourth-order valence-electron chi connectivity index (χ4n) is 5.00. The van der Waals surface area contributed by atoms with Crippen LogP contribution in [0.25, 0.3) is 11.1 Å². The minimum Gasteiger partial charge on any atom is -0.481 e. The van der Waals surface area contributed by atoms with E-state index in [1.807, 2.05) is 36.4 Å². The Morgan fingerprint density at radius 3 is 2.24 bits per heavy atom. The highest BCUT2D eigenvalue weighted by Gasteiger charge is 2.32. The van der Waals surface area contributed by atoms with Gasteiger partial charge < -0.3 is 25.6 Å². The van der Waals surface area contributed by atoms with Gasteiger partial charge in [-0.1, -0.05) is 61.4 Å². The number of fused-ring (bicyclic) bond motifs is 3. The molecule has 4 rings (SSSR count). The maximum atomic E-state index is 12.3. The summed E-state index contributed by atoms with van der Waals surface area (Å²) in [5.41, 5.74) is 4.49. The van der Waals surface area contributed by atoms with Crippen LogP contribution in [0.3, 0.4) is 0 Å². The van der Waals surface area contributed by atoms with Gasteiger partial charge in [0.1, 0.15) is 6.61 Å². The average molecular weight is 467 g/mol. The molecule has 2 aromatic rings. The number of benzene rings is 2. The normalized spacial score (nSPS) is 20.0. The van der Waals surface area contributed by atoms with E-state index in [9.17, 15) is 24.6 Å². The fraction of sp³-hybridized carbons (Fsp3) is 0.423. The quantitative estimate of drug-likeness (QED) is 0.474. The lowest BCUT2D eigenvalue weighted by Gasteiger charge is -2.29. The summed E-state index contributed by atoms with van der Waals surface area (Å²) in [4.78, 5) is 35.9. The standard InChI is InChI=1S/C26H30N2O6/c29-16(13-24(30)28-23-12-6-5-11-21(23)25(31)32)14-27-26(33)34-15-22-19-9-3-1-7-17(19)18-8-2-4-10-20(18)22/h1-4,7-10,16,21-23,29H,5-6,11-15H2,(H,27,33)(H,28,30)(H,31,32)/t16?,21-,23+/m1/s1. The van der Waals surface area contributed by atoms with Crippen LogP contribution in [0.4, 0.5) is 4.79 Å². The first-order chi connectivity index (χ1) is 16.4. The lowest BCUT2D eigenvalue weighted by atomic mass is 9.84. The maximum Gasteiger partial charge on any atom is 0.407 e. The number of aliphatic hydroxyl groups excluding tert-OH is 1. The molecule has 0 bridgehead atoms. The Morgan fingerprint density at radius 1 is 0.971 bits per heavy atom. The van der Waals surface area contributed by atoms with E-state index in [1.54, 1.807) is 0 Å². The molecule has 2 aliphatic rings. The van der Waals surface area contributed by atoms with E-state index in [4.69, 9.17) is 4.74 Å². The number of aliphatic hydroxyl groups is 1. The molecule has 1 fully saturated rings. The summed E-state index contributed by atoms with van der Waals surface area (Å²) in [6, 6.07) is 15.6. The van der Waals surface area contributed by atoms with Gasteiger partial charge in [-0.3, -0.25) is 9.59 Å². The van der Waals surface area contributed by atoms with Gasteiger partial charge in [0.15, 0.2) is 0 Å². The number of nitrogens with one attached hydrogen (secondary N) is 2. The second-order valence-electron chi connectivity index (χ2n) is 8.97. The summed E-state index contributed by atoms with van der Waals surface area (Å²) in [5.74, 6) is -2.01. The molecule has 180 valence electrons.